The molecule has 1 aromatic heterocycles. The summed E-state index contributed by atoms with van der Waals surface area (Å²) in [6, 6.07) is 15.1. The van der Waals surface area contributed by atoms with Crippen molar-refractivity contribution in [2.45, 2.75) is 20.8 Å². The molecule has 2 aromatic carbocycles. The normalized spacial score (nSPS) is 11.2. The maximum absolute atomic E-state index is 13.1. The Morgan fingerprint density at radius 1 is 1.07 bits per heavy atom. The van der Waals surface area contributed by atoms with Gasteiger partial charge in [0, 0.05) is 17.3 Å². The molecule has 0 atom stereocenters. The quantitative estimate of drug-likeness (QED) is 0.480. The van der Waals surface area contributed by atoms with Crippen LogP contribution in [-0.2, 0) is 4.79 Å². The van der Waals surface area contributed by atoms with E-state index in [4.69, 9.17) is 4.42 Å². The Morgan fingerprint density at radius 2 is 1.71 bits per heavy atom. The Kier molecular flexibility index (Phi) is 5.42. The summed E-state index contributed by atoms with van der Waals surface area (Å²) >= 11 is 0. The van der Waals surface area contributed by atoms with Gasteiger partial charge in [-0.3, -0.25) is 4.79 Å². The highest BCUT2D eigenvalue weighted by molar-refractivity contribution is 6.10. The van der Waals surface area contributed by atoms with Gasteiger partial charge in [0.1, 0.15) is 29.0 Å². The molecule has 28 heavy (non-hydrogen) atoms. The van der Waals surface area contributed by atoms with Gasteiger partial charge in [-0.05, 0) is 68.3 Å². The third kappa shape index (κ3) is 4.18. The smallest absolute Gasteiger partial charge is 0.266 e. The number of hydrogen-bond acceptors (Lipinski definition) is 3. The molecule has 0 saturated heterocycles. The number of amides is 1. The molecule has 4 nitrogen and oxygen atoms in total. The number of benzene rings is 2. The van der Waals surface area contributed by atoms with Gasteiger partial charge in [-0.1, -0.05) is 17.7 Å². The molecule has 1 N–H and O–H groups in total. The molecule has 0 radical (unpaired) electrons. The number of nitriles is 1. The van der Waals surface area contributed by atoms with Crippen LogP contribution in [0, 0.1) is 37.9 Å². The highest BCUT2D eigenvalue weighted by atomic mass is 19.1. The van der Waals surface area contributed by atoms with Gasteiger partial charge in [0.15, 0.2) is 0 Å². The minimum atomic E-state index is -0.503. The van der Waals surface area contributed by atoms with Gasteiger partial charge in [0.25, 0.3) is 5.91 Å². The second kappa shape index (κ2) is 7.93. The highest BCUT2D eigenvalue weighted by Gasteiger charge is 2.14. The van der Waals surface area contributed by atoms with E-state index < -0.39 is 5.91 Å². The van der Waals surface area contributed by atoms with Crippen LogP contribution < -0.4 is 5.32 Å². The number of carbonyl (C=O) groups is 1. The fraction of sp³-hybridized carbons (Fsp3) is 0.130. The standard InChI is InChI=1S/C23H19FN2O2/c1-14-10-15(2)22(16(3)11-14)26-23(27)18(13-25)12-20-8-9-21(28-20)17-4-6-19(24)7-5-17/h4-12H,1-3H3,(H,26,27)/b18-12-. The SMILES string of the molecule is Cc1cc(C)c(NC(=O)/C(C#N)=C\c2ccc(-c3ccc(F)cc3)o2)c(C)c1. The van der Waals surface area contributed by atoms with Crippen LogP contribution in [0.3, 0.4) is 0 Å². The van der Waals surface area contributed by atoms with Crippen molar-refractivity contribution in [3.63, 3.8) is 0 Å². The van der Waals surface area contributed by atoms with E-state index in [1.165, 1.54) is 18.2 Å². The second-order valence-corrected chi connectivity index (χ2v) is 6.61. The lowest BCUT2D eigenvalue weighted by molar-refractivity contribution is -0.112. The summed E-state index contributed by atoms with van der Waals surface area (Å²) in [5.41, 5.74) is 4.30. The molecule has 1 heterocycles. The van der Waals surface area contributed by atoms with Crippen LogP contribution in [0.15, 0.2) is 58.5 Å². The molecule has 3 rings (SSSR count). The monoisotopic (exact) mass is 374 g/mol. The van der Waals surface area contributed by atoms with Crippen LogP contribution >= 0.6 is 0 Å². The number of halogens is 1. The average molecular weight is 374 g/mol. The van der Waals surface area contributed by atoms with Crippen LogP contribution in [0.5, 0.6) is 0 Å². The van der Waals surface area contributed by atoms with Gasteiger partial charge < -0.3 is 9.73 Å². The lowest BCUT2D eigenvalue weighted by Crippen LogP contribution is -2.15. The third-order valence-corrected chi connectivity index (χ3v) is 4.32. The maximum Gasteiger partial charge on any atom is 0.266 e. The van der Waals surface area contributed by atoms with E-state index in [2.05, 4.69) is 5.32 Å². The Balaban J connectivity index is 1.84. The number of nitrogens with zero attached hydrogens (tertiary/aromatic N) is 1. The first-order valence-electron chi connectivity index (χ1n) is 8.74. The predicted octanol–water partition coefficient (Wildman–Crippen LogP) is 5.56. The minimum absolute atomic E-state index is 0.0700. The first-order chi connectivity index (χ1) is 13.4. The van der Waals surface area contributed by atoms with E-state index in [-0.39, 0.29) is 11.4 Å². The van der Waals surface area contributed by atoms with Crippen molar-refractivity contribution in [3.05, 3.63) is 82.4 Å². The Morgan fingerprint density at radius 3 is 2.32 bits per heavy atom. The zero-order valence-corrected chi connectivity index (χ0v) is 15.8. The molecule has 3 aromatic rings. The molecule has 0 saturated carbocycles. The highest BCUT2D eigenvalue weighted by Crippen LogP contribution is 2.25. The predicted molar refractivity (Wildman–Crippen MR) is 107 cm³/mol. The van der Waals surface area contributed by atoms with Crippen molar-refractivity contribution >= 4 is 17.7 Å². The van der Waals surface area contributed by atoms with Crippen molar-refractivity contribution in [3.8, 4) is 17.4 Å². The van der Waals surface area contributed by atoms with Crippen LogP contribution in [0.1, 0.15) is 22.5 Å². The van der Waals surface area contributed by atoms with Gasteiger partial charge >= 0.3 is 0 Å². The number of carbonyl (C=O) groups excluding carboxylic acids is 1. The van der Waals surface area contributed by atoms with Gasteiger partial charge in [-0.2, -0.15) is 5.26 Å². The van der Waals surface area contributed by atoms with Crippen molar-refractivity contribution < 1.29 is 13.6 Å². The zero-order chi connectivity index (χ0) is 20.3. The van der Waals surface area contributed by atoms with Gasteiger partial charge in [-0.25, -0.2) is 4.39 Å². The first kappa shape index (κ1) is 19.1. The van der Waals surface area contributed by atoms with Crippen molar-refractivity contribution in [2.24, 2.45) is 0 Å². The van der Waals surface area contributed by atoms with E-state index in [1.807, 2.05) is 39.0 Å². The van der Waals surface area contributed by atoms with Crippen LogP contribution in [-0.4, -0.2) is 5.91 Å². The Labute approximate surface area is 162 Å². The number of aryl methyl sites for hydroxylation is 3. The summed E-state index contributed by atoms with van der Waals surface area (Å²) in [5.74, 6) is 0.0513. The van der Waals surface area contributed by atoms with E-state index in [1.54, 1.807) is 24.3 Å². The second-order valence-electron chi connectivity index (χ2n) is 6.61. The zero-order valence-electron chi connectivity index (χ0n) is 15.8. The first-order valence-corrected chi connectivity index (χ1v) is 8.74. The van der Waals surface area contributed by atoms with Crippen molar-refractivity contribution in [1.29, 1.82) is 5.26 Å². The van der Waals surface area contributed by atoms with E-state index in [9.17, 15) is 14.4 Å². The third-order valence-electron chi connectivity index (χ3n) is 4.32. The topological polar surface area (TPSA) is 66.0 Å². The summed E-state index contributed by atoms with van der Waals surface area (Å²) in [4.78, 5) is 12.6. The largest absolute Gasteiger partial charge is 0.457 e. The summed E-state index contributed by atoms with van der Waals surface area (Å²) in [6.45, 7) is 5.81. The molecule has 0 bridgehead atoms. The van der Waals surface area contributed by atoms with E-state index in [0.717, 1.165) is 16.7 Å². The lowest BCUT2D eigenvalue weighted by Gasteiger charge is -2.12. The average Bonchev–Trinajstić information content (AvgIpc) is 3.11. The maximum atomic E-state index is 13.1. The van der Waals surface area contributed by atoms with Gasteiger partial charge in [0.05, 0.1) is 0 Å². The van der Waals surface area contributed by atoms with E-state index in [0.29, 0.717) is 22.8 Å². The molecule has 0 aliphatic heterocycles. The molecule has 0 spiro atoms. The molecule has 140 valence electrons. The number of rotatable bonds is 4. The summed E-state index contributed by atoms with van der Waals surface area (Å²) in [5, 5.41) is 12.2. The summed E-state index contributed by atoms with van der Waals surface area (Å²) in [7, 11) is 0. The molecule has 0 unspecified atom stereocenters. The molecule has 0 fully saturated rings. The molecule has 0 aliphatic carbocycles. The minimum Gasteiger partial charge on any atom is -0.457 e. The summed E-state index contributed by atoms with van der Waals surface area (Å²) in [6.07, 6.45) is 1.39. The number of hydrogen-bond donors (Lipinski definition) is 1. The van der Waals surface area contributed by atoms with Crippen molar-refractivity contribution in [2.75, 3.05) is 5.32 Å². The number of furan rings is 1. The molecular formula is C23H19FN2O2. The van der Waals surface area contributed by atoms with Gasteiger partial charge in [-0.15, -0.1) is 0 Å². The van der Waals surface area contributed by atoms with Crippen LogP contribution in [0.4, 0.5) is 10.1 Å². The molecule has 1 amide bonds. The van der Waals surface area contributed by atoms with Crippen LogP contribution in [0.2, 0.25) is 0 Å². The van der Waals surface area contributed by atoms with Crippen LogP contribution in [0.25, 0.3) is 17.4 Å². The lowest BCUT2D eigenvalue weighted by atomic mass is 10.0. The molecule has 0 aliphatic rings. The van der Waals surface area contributed by atoms with Crippen molar-refractivity contribution in [1.82, 2.24) is 0 Å². The Hall–Kier alpha value is -3.65. The van der Waals surface area contributed by atoms with Gasteiger partial charge in [0.2, 0.25) is 0 Å². The fourth-order valence-electron chi connectivity index (χ4n) is 3.05. The summed E-state index contributed by atoms with van der Waals surface area (Å²) < 4.78 is 18.7. The number of nitrogens with one attached hydrogen (secondary N) is 1. The van der Waals surface area contributed by atoms with E-state index >= 15 is 0 Å². The number of anilines is 1. The fourth-order valence-corrected chi connectivity index (χ4v) is 3.05. The molecular weight excluding hydrogens is 355 g/mol. The Bertz CT molecular complexity index is 1080. The molecule has 5 heteroatoms.